The number of sulfonamides is 1. The van der Waals surface area contributed by atoms with Gasteiger partial charge in [-0.25, -0.2) is 28.1 Å². The molecule has 2 heterocycles. The number of benzene rings is 1. The molecule has 0 radical (unpaired) electrons. The Morgan fingerprint density at radius 1 is 1.16 bits per heavy atom. The fourth-order valence-electron chi connectivity index (χ4n) is 3.15. The molecule has 2 N–H and O–H groups in total. The fourth-order valence-corrected chi connectivity index (χ4v) is 4.16. The maximum atomic E-state index is 12.3. The standard InChI is InChI=1S/C22H28N6O3S/c1-5-6-21-24-15-20(28(21)16(2)3)19-11-12-23-22(27-19)26-17-7-9-18(10-8-17)32(29,30)25-13-14-31-4/h5-12,15-16,25H,13-14H2,1-4H3,(H,23,26,27). The predicted octanol–water partition coefficient (Wildman–Crippen LogP) is 3.62. The quantitative estimate of drug-likeness (QED) is 0.448. The van der Waals surface area contributed by atoms with Gasteiger partial charge in [-0.15, -0.1) is 0 Å². The van der Waals surface area contributed by atoms with Crippen molar-refractivity contribution in [3.05, 3.63) is 54.6 Å². The molecule has 0 spiro atoms. The average molecular weight is 457 g/mol. The summed E-state index contributed by atoms with van der Waals surface area (Å²) in [4.78, 5) is 13.6. The molecule has 3 aromatic rings. The van der Waals surface area contributed by atoms with Crippen LogP contribution in [-0.4, -0.2) is 48.2 Å². The molecule has 10 heteroatoms. The summed E-state index contributed by atoms with van der Waals surface area (Å²) in [5, 5.41) is 3.12. The number of nitrogens with one attached hydrogen (secondary N) is 2. The molecular weight excluding hydrogens is 428 g/mol. The Hall–Kier alpha value is -3.08. The van der Waals surface area contributed by atoms with Gasteiger partial charge >= 0.3 is 0 Å². The van der Waals surface area contributed by atoms with E-state index in [0.29, 0.717) is 18.2 Å². The topological polar surface area (TPSA) is 111 Å². The third kappa shape index (κ3) is 5.58. The van der Waals surface area contributed by atoms with E-state index in [1.54, 1.807) is 24.5 Å². The van der Waals surface area contributed by atoms with Crippen LogP contribution in [0.15, 0.2) is 53.7 Å². The first-order valence-corrected chi connectivity index (χ1v) is 11.7. The molecule has 32 heavy (non-hydrogen) atoms. The molecule has 0 amide bonds. The van der Waals surface area contributed by atoms with Crippen LogP contribution in [0.4, 0.5) is 11.6 Å². The molecule has 1 aromatic carbocycles. The first-order chi connectivity index (χ1) is 15.4. The number of allylic oxidation sites excluding steroid dienone is 1. The minimum absolute atomic E-state index is 0.172. The lowest BCUT2D eigenvalue weighted by Crippen LogP contribution is -2.27. The summed E-state index contributed by atoms with van der Waals surface area (Å²) in [6, 6.07) is 8.43. The average Bonchev–Trinajstić information content (AvgIpc) is 3.19. The van der Waals surface area contributed by atoms with Crippen molar-refractivity contribution in [3.8, 4) is 11.4 Å². The maximum absolute atomic E-state index is 12.3. The number of ether oxygens (including phenoxy) is 1. The number of hydrogen-bond donors (Lipinski definition) is 2. The summed E-state index contributed by atoms with van der Waals surface area (Å²) in [7, 11) is -2.07. The van der Waals surface area contributed by atoms with Gasteiger partial charge in [-0.3, -0.25) is 0 Å². The van der Waals surface area contributed by atoms with E-state index in [9.17, 15) is 8.42 Å². The van der Waals surface area contributed by atoms with E-state index in [4.69, 9.17) is 4.74 Å². The monoisotopic (exact) mass is 456 g/mol. The van der Waals surface area contributed by atoms with Crippen LogP contribution in [0, 0.1) is 0 Å². The summed E-state index contributed by atoms with van der Waals surface area (Å²) in [6.45, 7) is 6.66. The van der Waals surface area contributed by atoms with E-state index in [-0.39, 0.29) is 17.5 Å². The van der Waals surface area contributed by atoms with Crippen LogP contribution in [0.1, 0.15) is 32.6 Å². The van der Waals surface area contributed by atoms with Gasteiger partial charge in [0.2, 0.25) is 16.0 Å². The normalized spacial score (nSPS) is 12.0. The molecule has 0 unspecified atom stereocenters. The highest BCUT2D eigenvalue weighted by Crippen LogP contribution is 2.25. The molecule has 0 saturated carbocycles. The van der Waals surface area contributed by atoms with Gasteiger partial charge in [0, 0.05) is 31.6 Å². The summed E-state index contributed by atoms with van der Waals surface area (Å²) >= 11 is 0. The summed E-state index contributed by atoms with van der Waals surface area (Å²) in [5.41, 5.74) is 2.30. The van der Waals surface area contributed by atoms with Crippen LogP contribution in [0.3, 0.4) is 0 Å². The van der Waals surface area contributed by atoms with Gasteiger partial charge in [0.1, 0.15) is 5.82 Å². The number of nitrogens with zero attached hydrogens (tertiary/aromatic N) is 4. The second kappa shape index (κ2) is 10.5. The lowest BCUT2D eigenvalue weighted by Gasteiger charge is -2.14. The number of imidazole rings is 1. The van der Waals surface area contributed by atoms with Gasteiger partial charge < -0.3 is 14.6 Å². The third-order valence-corrected chi connectivity index (χ3v) is 6.07. The zero-order valence-electron chi connectivity index (χ0n) is 18.6. The second-order valence-electron chi connectivity index (χ2n) is 7.27. The number of aromatic nitrogens is 4. The molecule has 0 bridgehead atoms. The number of methoxy groups -OCH3 is 1. The van der Waals surface area contributed by atoms with E-state index in [2.05, 4.69) is 43.4 Å². The molecule has 2 aromatic heterocycles. The molecule has 9 nitrogen and oxygen atoms in total. The number of hydrogen-bond acceptors (Lipinski definition) is 7. The van der Waals surface area contributed by atoms with Crippen molar-refractivity contribution in [2.45, 2.75) is 31.7 Å². The zero-order valence-corrected chi connectivity index (χ0v) is 19.4. The van der Waals surface area contributed by atoms with Crippen molar-refractivity contribution in [1.29, 1.82) is 0 Å². The summed E-state index contributed by atoms with van der Waals surface area (Å²) < 4.78 is 34.1. The minimum atomic E-state index is -3.58. The largest absolute Gasteiger partial charge is 0.383 e. The van der Waals surface area contributed by atoms with E-state index < -0.39 is 10.0 Å². The van der Waals surface area contributed by atoms with E-state index in [1.807, 2.05) is 25.1 Å². The van der Waals surface area contributed by atoms with Crippen molar-refractivity contribution < 1.29 is 13.2 Å². The molecule has 0 fully saturated rings. The van der Waals surface area contributed by atoms with Crippen LogP contribution in [0.25, 0.3) is 17.5 Å². The first kappa shape index (κ1) is 23.6. The lowest BCUT2D eigenvalue weighted by molar-refractivity contribution is 0.204. The molecule has 0 saturated heterocycles. The van der Waals surface area contributed by atoms with Crippen LogP contribution < -0.4 is 10.0 Å². The van der Waals surface area contributed by atoms with Gasteiger partial charge in [0.15, 0.2) is 0 Å². The Labute approximate surface area is 188 Å². The van der Waals surface area contributed by atoms with Crippen LogP contribution in [-0.2, 0) is 14.8 Å². The van der Waals surface area contributed by atoms with Crippen molar-refractivity contribution in [2.75, 3.05) is 25.6 Å². The highest BCUT2D eigenvalue weighted by atomic mass is 32.2. The number of anilines is 2. The summed E-state index contributed by atoms with van der Waals surface area (Å²) in [6.07, 6.45) is 7.40. The highest BCUT2D eigenvalue weighted by molar-refractivity contribution is 7.89. The van der Waals surface area contributed by atoms with E-state index >= 15 is 0 Å². The van der Waals surface area contributed by atoms with Crippen molar-refractivity contribution in [1.82, 2.24) is 24.2 Å². The molecule has 170 valence electrons. The van der Waals surface area contributed by atoms with Crippen LogP contribution in [0.2, 0.25) is 0 Å². The highest BCUT2D eigenvalue weighted by Gasteiger charge is 2.15. The van der Waals surface area contributed by atoms with Gasteiger partial charge in [-0.2, -0.15) is 0 Å². The van der Waals surface area contributed by atoms with Crippen LogP contribution >= 0.6 is 0 Å². The minimum Gasteiger partial charge on any atom is -0.383 e. The molecule has 0 aliphatic rings. The molecular formula is C22H28N6O3S. The smallest absolute Gasteiger partial charge is 0.240 e. The Bertz CT molecular complexity index is 1170. The van der Waals surface area contributed by atoms with E-state index in [0.717, 1.165) is 17.2 Å². The fraction of sp³-hybridized carbons (Fsp3) is 0.318. The maximum Gasteiger partial charge on any atom is 0.240 e. The molecule has 3 rings (SSSR count). The lowest BCUT2D eigenvalue weighted by atomic mass is 10.2. The van der Waals surface area contributed by atoms with E-state index in [1.165, 1.54) is 19.2 Å². The Balaban J connectivity index is 1.80. The Kier molecular flexibility index (Phi) is 7.73. The van der Waals surface area contributed by atoms with Crippen molar-refractivity contribution >= 4 is 27.7 Å². The van der Waals surface area contributed by atoms with Gasteiger partial charge in [-0.05, 0) is 57.2 Å². The molecule has 0 aliphatic carbocycles. The Morgan fingerprint density at radius 3 is 2.56 bits per heavy atom. The van der Waals surface area contributed by atoms with Crippen molar-refractivity contribution in [3.63, 3.8) is 0 Å². The second-order valence-corrected chi connectivity index (χ2v) is 9.04. The summed E-state index contributed by atoms with van der Waals surface area (Å²) in [5.74, 6) is 1.27. The first-order valence-electron chi connectivity index (χ1n) is 10.2. The third-order valence-electron chi connectivity index (χ3n) is 4.59. The SMILES string of the molecule is CC=Cc1ncc(-c2ccnc(Nc3ccc(S(=O)(=O)NCCOC)cc3)n2)n1C(C)C. The van der Waals surface area contributed by atoms with Gasteiger partial charge in [0.05, 0.1) is 29.1 Å². The number of rotatable bonds is 10. The van der Waals surface area contributed by atoms with Gasteiger partial charge in [-0.1, -0.05) is 6.08 Å². The van der Waals surface area contributed by atoms with Crippen LogP contribution in [0.5, 0.6) is 0 Å². The predicted molar refractivity (Wildman–Crippen MR) is 125 cm³/mol. The molecule has 0 aliphatic heterocycles. The zero-order chi connectivity index (χ0) is 23.1. The Morgan fingerprint density at radius 2 is 1.91 bits per heavy atom. The van der Waals surface area contributed by atoms with Gasteiger partial charge in [0.25, 0.3) is 0 Å². The van der Waals surface area contributed by atoms with Crippen molar-refractivity contribution in [2.24, 2.45) is 0 Å². The molecule has 0 atom stereocenters.